The van der Waals surface area contributed by atoms with Crippen LogP contribution in [0.1, 0.15) is 25.7 Å². The third-order valence-corrected chi connectivity index (χ3v) is 6.76. The highest BCUT2D eigenvalue weighted by Gasteiger charge is 2.16. The SMILES string of the molecule is C1=CC(CCP(c2ccccc2)c2ccccc2)CCC1. The summed E-state index contributed by atoms with van der Waals surface area (Å²) in [6.07, 6.45) is 11.5. The van der Waals surface area contributed by atoms with Crippen LogP contribution in [0.3, 0.4) is 0 Å². The standard InChI is InChI=1S/C20H23P/c1-4-10-18(11-5-1)16-17-21(19-12-6-2-7-13-19)20-14-8-3-9-15-20/h2-4,6-10,12-15,18H,1,5,11,16-17H2. The van der Waals surface area contributed by atoms with E-state index in [1.807, 2.05) is 0 Å². The molecule has 0 aromatic heterocycles. The first-order valence-corrected chi connectivity index (χ1v) is 9.50. The predicted octanol–water partition coefficient (Wildman–Crippen LogP) is 4.87. The normalized spacial score (nSPS) is 18.0. The van der Waals surface area contributed by atoms with Crippen LogP contribution in [0.2, 0.25) is 0 Å². The average molecular weight is 294 g/mol. The Balaban J connectivity index is 1.76. The van der Waals surface area contributed by atoms with E-state index in [1.54, 1.807) is 0 Å². The Bertz CT molecular complexity index is 519. The van der Waals surface area contributed by atoms with Gasteiger partial charge in [-0.15, -0.1) is 0 Å². The maximum absolute atomic E-state index is 2.45. The van der Waals surface area contributed by atoms with Gasteiger partial charge in [0.15, 0.2) is 0 Å². The minimum atomic E-state index is -0.210. The molecule has 1 atom stereocenters. The Morgan fingerprint density at radius 2 is 1.48 bits per heavy atom. The fourth-order valence-corrected chi connectivity index (χ4v) is 5.51. The molecule has 108 valence electrons. The van der Waals surface area contributed by atoms with Crippen molar-refractivity contribution in [1.29, 1.82) is 0 Å². The van der Waals surface area contributed by atoms with E-state index in [9.17, 15) is 0 Å². The summed E-state index contributed by atoms with van der Waals surface area (Å²) in [4.78, 5) is 0. The second-order valence-electron chi connectivity index (χ2n) is 5.73. The maximum atomic E-state index is 2.45. The molecule has 0 amide bonds. The van der Waals surface area contributed by atoms with Gasteiger partial charge in [-0.2, -0.15) is 0 Å². The van der Waals surface area contributed by atoms with Gasteiger partial charge in [-0.1, -0.05) is 72.8 Å². The Labute approximate surface area is 129 Å². The summed E-state index contributed by atoms with van der Waals surface area (Å²) in [6.45, 7) is 0. The molecule has 3 rings (SSSR count). The number of benzene rings is 2. The Morgan fingerprint density at radius 1 is 0.857 bits per heavy atom. The van der Waals surface area contributed by atoms with Gasteiger partial charge in [0.25, 0.3) is 0 Å². The van der Waals surface area contributed by atoms with Crippen LogP contribution in [0.25, 0.3) is 0 Å². The summed E-state index contributed by atoms with van der Waals surface area (Å²) in [5.74, 6) is 0.802. The molecule has 0 fully saturated rings. The van der Waals surface area contributed by atoms with Gasteiger partial charge in [-0.25, -0.2) is 0 Å². The first-order chi connectivity index (χ1) is 10.4. The summed E-state index contributed by atoms with van der Waals surface area (Å²) in [5, 5.41) is 3.02. The molecule has 0 N–H and O–H groups in total. The molecule has 0 saturated heterocycles. The van der Waals surface area contributed by atoms with Crippen LogP contribution >= 0.6 is 7.92 Å². The lowest BCUT2D eigenvalue weighted by Gasteiger charge is -2.22. The first kappa shape index (κ1) is 14.5. The van der Waals surface area contributed by atoms with Gasteiger partial charge in [0.1, 0.15) is 0 Å². The van der Waals surface area contributed by atoms with Crippen molar-refractivity contribution in [3.05, 3.63) is 72.8 Å². The van der Waals surface area contributed by atoms with E-state index in [2.05, 4.69) is 72.8 Å². The lowest BCUT2D eigenvalue weighted by atomic mass is 9.94. The van der Waals surface area contributed by atoms with E-state index in [0.717, 1.165) is 5.92 Å². The van der Waals surface area contributed by atoms with Crippen molar-refractivity contribution in [2.75, 3.05) is 6.16 Å². The topological polar surface area (TPSA) is 0 Å². The third-order valence-electron chi connectivity index (χ3n) is 4.21. The van der Waals surface area contributed by atoms with E-state index in [0.29, 0.717) is 0 Å². The molecule has 0 heterocycles. The number of hydrogen-bond acceptors (Lipinski definition) is 0. The van der Waals surface area contributed by atoms with E-state index < -0.39 is 0 Å². The van der Waals surface area contributed by atoms with Crippen molar-refractivity contribution in [3.63, 3.8) is 0 Å². The molecule has 0 bridgehead atoms. The van der Waals surface area contributed by atoms with E-state index in [4.69, 9.17) is 0 Å². The van der Waals surface area contributed by atoms with Crippen LogP contribution in [0.15, 0.2) is 72.8 Å². The second kappa shape index (κ2) is 7.57. The van der Waals surface area contributed by atoms with Crippen LogP contribution < -0.4 is 10.6 Å². The highest BCUT2D eigenvalue weighted by Crippen LogP contribution is 2.36. The van der Waals surface area contributed by atoms with Crippen molar-refractivity contribution in [2.45, 2.75) is 25.7 Å². The zero-order valence-corrected chi connectivity index (χ0v) is 13.4. The lowest BCUT2D eigenvalue weighted by Crippen LogP contribution is -2.15. The molecule has 21 heavy (non-hydrogen) atoms. The van der Waals surface area contributed by atoms with Gasteiger partial charge in [-0.05, 0) is 56.3 Å². The fraction of sp³-hybridized carbons (Fsp3) is 0.300. The van der Waals surface area contributed by atoms with Crippen molar-refractivity contribution >= 4 is 18.5 Å². The molecule has 0 saturated carbocycles. The zero-order valence-electron chi connectivity index (χ0n) is 12.5. The van der Waals surface area contributed by atoms with Gasteiger partial charge in [0.05, 0.1) is 0 Å². The summed E-state index contributed by atoms with van der Waals surface area (Å²) >= 11 is 0. The smallest absolute Gasteiger partial charge is 0.0195 e. The van der Waals surface area contributed by atoms with Crippen LogP contribution in [0.5, 0.6) is 0 Å². The number of hydrogen-bond donors (Lipinski definition) is 0. The van der Waals surface area contributed by atoms with Crippen molar-refractivity contribution in [2.24, 2.45) is 5.92 Å². The summed E-state index contributed by atoms with van der Waals surface area (Å²) in [7, 11) is -0.210. The molecular formula is C20H23P. The molecule has 1 aliphatic rings. The van der Waals surface area contributed by atoms with Crippen LogP contribution in [0.4, 0.5) is 0 Å². The van der Waals surface area contributed by atoms with Crippen molar-refractivity contribution < 1.29 is 0 Å². The summed E-state index contributed by atoms with van der Waals surface area (Å²) in [6, 6.07) is 22.1. The quantitative estimate of drug-likeness (QED) is 0.545. The van der Waals surface area contributed by atoms with Gasteiger partial charge < -0.3 is 0 Å². The molecule has 0 spiro atoms. The minimum Gasteiger partial charge on any atom is -0.0883 e. The van der Waals surface area contributed by atoms with Crippen LogP contribution in [-0.2, 0) is 0 Å². The average Bonchev–Trinajstić information content (AvgIpc) is 2.58. The molecule has 0 nitrogen and oxygen atoms in total. The van der Waals surface area contributed by atoms with Gasteiger partial charge in [0.2, 0.25) is 0 Å². The molecule has 0 aliphatic heterocycles. The fourth-order valence-electron chi connectivity index (χ4n) is 3.04. The number of rotatable bonds is 5. The van der Waals surface area contributed by atoms with Crippen LogP contribution in [-0.4, -0.2) is 6.16 Å². The van der Waals surface area contributed by atoms with Crippen molar-refractivity contribution in [1.82, 2.24) is 0 Å². The highest BCUT2D eigenvalue weighted by molar-refractivity contribution is 7.73. The first-order valence-electron chi connectivity index (χ1n) is 7.98. The molecule has 2 aromatic carbocycles. The van der Waals surface area contributed by atoms with Crippen LogP contribution in [0, 0.1) is 5.92 Å². The van der Waals surface area contributed by atoms with Gasteiger partial charge in [0, 0.05) is 0 Å². The summed E-state index contributed by atoms with van der Waals surface area (Å²) < 4.78 is 0. The van der Waals surface area contributed by atoms with E-state index >= 15 is 0 Å². The molecule has 2 aromatic rings. The van der Waals surface area contributed by atoms with Gasteiger partial charge in [-0.3, -0.25) is 0 Å². The van der Waals surface area contributed by atoms with Crippen molar-refractivity contribution in [3.8, 4) is 0 Å². The molecule has 1 aliphatic carbocycles. The Hall–Kier alpha value is -1.39. The summed E-state index contributed by atoms with van der Waals surface area (Å²) in [5.41, 5.74) is 0. The Morgan fingerprint density at radius 3 is 2.00 bits per heavy atom. The molecule has 1 unspecified atom stereocenters. The second-order valence-corrected chi connectivity index (χ2v) is 8.07. The minimum absolute atomic E-state index is 0.210. The molecular weight excluding hydrogens is 271 g/mol. The lowest BCUT2D eigenvalue weighted by molar-refractivity contribution is 0.529. The Kier molecular flexibility index (Phi) is 5.24. The molecule has 1 heteroatoms. The van der Waals surface area contributed by atoms with E-state index in [-0.39, 0.29) is 7.92 Å². The molecule has 0 radical (unpaired) electrons. The third kappa shape index (κ3) is 4.05. The number of allylic oxidation sites excluding steroid dienone is 2. The largest absolute Gasteiger partial charge is 0.0883 e. The van der Waals surface area contributed by atoms with Gasteiger partial charge >= 0.3 is 0 Å². The monoisotopic (exact) mass is 294 g/mol. The zero-order chi connectivity index (χ0) is 14.3. The maximum Gasteiger partial charge on any atom is -0.0195 e. The predicted molar refractivity (Wildman–Crippen MR) is 95.0 cm³/mol. The highest BCUT2D eigenvalue weighted by atomic mass is 31.1. The van der Waals surface area contributed by atoms with E-state index in [1.165, 1.54) is 42.5 Å².